The van der Waals surface area contributed by atoms with Crippen molar-refractivity contribution < 1.29 is 14.0 Å². The van der Waals surface area contributed by atoms with Crippen LogP contribution in [0.3, 0.4) is 0 Å². The molecule has 0 spiro atoms. The molecule has 16 heavy (non-hydrogen) atoms. The van der Waals surface area contributed by atoms with Crippen LogP contribution in [0, 0.1) is 5.82 Å². The van der Waals surface area contributed by atoms with Crippen LogP contribution in [0.25, 0.3) is 0 Å². The Morgan fingerprint density at radius 1 is 1.44 bits per heavy atom. The molecule has 1 rings (SSSR count). The molecule has 0 aliphatic heterocycles. The monoisotopic (exact) mass is 225 g/mol. The largest absolute Gasteiger partial charge is 0.272 e. The van der Waals surface area contributed by atoms with E-state index in [9.17, 15) is 9.18 Å². The van der Waals surface area contributed by atoms with Crippen molar-refractivity contribution in [1.82, 2.24) is 5.48 Å². The Bertz CT molecular complexity index is 372. The van der Waals surface area contributed by atoms with E-state index in [0.717, 1.165) is 0 Å². The van der Waals surface area contributed by atoms with Gasteiger partial charge in [-0.05, 0) is 38.5 Å². The average Bonchev–Trinajstić information content (AvgIpc) is 2.14. The highest BCUT2D eigenvalue weighted by Gasteiger charge is 2.13. The smallest absolute Gasteiger partial charge is 0.247 e. The summed E-state index contributed by atoms with van der Waals surface area (Å²) in [5.41, 5.74) is 2.52. The molecule has 0 unspecified atom stereocenters. The Labute approximate surface area is 94.6 Å². The van der Waals surface area contributed by atoms with E-state index in [4.69, 9.17) is 4.84 Å². The number of carbonyl (C=O) groups is 1. The number of nitrogens with one attached hydrogen (secondary N) is 1. The second kappa shape index (κ2) is 5.07. The Balaban J connectivity index is 2.46. The van der Waals surface area contributed by atoms with Crippen molar-refractivity contribution in [3.05, 3.63) is 35.6 Å². The maximum atomic E-state index is 12.8. The molecule has 0 heterocycles. The molecule has 4 heteroatoms. The summed E-state index contributed by atoms with van der Waals surface area (Å²) in [5, 5.41) is 0. The molecule has 0 bridgehead atoms. The van der Waals surface area contributed by atoms with Crippen molar-refractivity contribution in [1.29, 1.82) is 0 Å². The predicted molar refractivity (Wildman–Crippen MR) is 59.1 cm³/mol. The van der Waals surface area contributed by atoms with Crippen LogP contribution < -0.4 is 5.48 Å². The molecule has 0 saturated heterocycles. The number of benzene rings is 1. The molecular weight excluding hydrogens is 209 g/mol. The fourth-order valence-electron chi connectivity index (χ4n) is 1.08. The van der Waals surface area contributed by atoms with Crippen molar-refractivity contribution in [3.63, 3.8) is 0 Å². The fraction of sp³-hybridized carbons (Fsp3) is 0.417. The SMILES string of the molecule is CC(C)(C)ONC(=O)Cc1cccc(F)c1. The predicted octanol–water partition coefficient (Wildman–Crippen LogP) is 2.21. The summed E-state index contributed by atoms with van der Waals surface area (Å²) in [4.78, 5) is 16.5. The van der Waals surface area contributed by atoms with Crippen LogP contribution in [0.4, 0.5) is 4.39 Å². The highest BCUT2D eigenvalue weighted by atomic mass is 19.1. The van der Waals surface area contributed by atoms with E-state index in [0.29, 0.717) is 5.56 Å². The minimum absolute atomic E-state index is 0.105. The van der Waals surface area contributed by atoms with Crippen molar-refractivity contribution >= 4 is 5.91 Å². The number of hydrogen-bond acceptors (Lipinski definition) is 2. The summed E-state index contributed by atoms with van der Waals surface area (Å²) in [6.45, 7) is 5.49. The Morgan fingerprint density at radius 3 is 2.69 bits per heavy atom. The number of carbonyl (C=O) groups excluding carboxylic acids is 1. The second-order valence-electron chi connectivity index (χ2n) is 4.55. The average molecular weight is 225 g/mol. The van der Waals surface area contributed by atoms with Gasteiger partial charge in [-0.3, -0.25) is 9.63 Å². The summed E-state index contributed by atoms with van der Waals surface area (Å²) in [6, 6.07) is 5.94. The first-order valence-corrected chi connectivity index (χ1v) is 5.08. The molecule has 0 atom stereocenters. The van der Waals surface area contributed by atoms with Gasteiger partial charge in [0.05, 0.1) is 12.0 Å². The number of rotatable bonds is 3. The van der Waals surface area contributed by atoms with Gasteiger partial charge in [0.2, 0.25) is 5.91 Å². The molecule has 3 nitrogen and oxygen atoms in total. The third kappa shape index (κ3) is 4.89. The quantitative estimate of drug-likeness (QED) is 0.801. The third-order valence-corrected chi connectivity index (χ3v) is 1.72. The van der Waals surface area contributed by atoms with Gasteiger partial charge in [0.15, 0.2) is 0 Å². The van der Waals surface area contributed by atoms with Crippen molar-refractivity contribution in [2.24, 2.45) is 0 Å². The van der Waals surface area contributed by atoms with Gasteiger partial charge < -0.3 is 0 Å². The van der Waals surface area contributed by atoms with Crippen molar-refractivity contribution in [3.8, 4) is 0 Å². The Hall–Kier alpha value is -1.42. The van der Waals surface area contributed by atoms with E-state index in [-0.39, 0.29) is 18.1 Å². The number of amides is 1. The number of halogens is 1. The van der Waals surface area contributed by atoms with Crippen LogP contribution >= 0.6 is 0 Å². The first-order chi connectivity index (χ1) is 7.37. The van der Waals surface area contributed by atoms with E-state index in [1.807, 2.05) is 20.8 Å². The minimum Gasteiger partial charge on any atom is -0.272 e. The molecule has 0 aromatic heterocycles. The highest BCUT2D eigenvalue weighted by Crippen LogP contribution is 2.06. The lowest BCUT2D eigenvalue weighted by Gasteiger charge is -2.18. The number of hydrogen-bond donors (Lipinski definition) is 1. The van der Waals surface area contributed by atoms with Crippen LogP contribution in [0.15, 0.2) is 24.3 Å². The number of hydroxylamine groups is 1. The van der Waals surface area contributed by atoms with Crippen LogP contribution in [0.1, 0.15) is 26.3 Å². The first kappa shape index (κ1) is 12.6. The van der Waals surface area contributed by atoms with Crippen molar-refractivity contribution in [2.75, 3.05) is 0 Å². The maximum Gasteiger partial charge on any atom is 0.247 e. The first-order valence-electron chi connectivity index (χ1n) is 5.08. The van der Waals surface area contributed by atoms with Crippen LogP contribution in [0.2, 0.25) is 0 Å². The van der Waals surface area contributed by atoms with Gasteiger partial charge in [0.1, 0.15) is 5.82 Å². The topological polar surface area (TPSA) is 38.3 Å². The highest BCUT2D eigenvalue weighted by molar-refractivity contribution is 5.77. The van der Waals surface area contributed by atoms with Gasteiger partial charge in [-0.15, -0.1) is 0 Å². The van der Waals surface area contributed by atoms with E-state index >= 15 is 0 Å². The van der Waals surface area contributed by atoms with Gasteiger partial charge in [-0.2, -0.15) is 0 Å². The van der Waals surface area contributed by atoms with Gasteiger partial charge in [-0.1, -0.05) is 12.1 Å². The normalized spacial score (nSPS) is 11.2. The Kier molecular flexibility index (Phi) is 4.01. The molecular formula is C12H16FNO2. The molecule has 0 radical (unpaired) electrons. The molecule has 1 N–H and O–H groups in total. The van der Waals surface area contributed by atoms with Crippen molar-refractivity contribution in [2.45, 2.75) is 32.8 Å². The lowest BCUT2D eigenvalue weighted by Crippen LogP contribution is -2.34. The van der Waals surface area contributed by atoms with E-state index < -0.39 is 5.60 Å². The van der Waals surface area contributed by atoms with Crippen LogP contribution in [-0.4, -0.2) is 11.5 Å². The maximum absolute atomic E-state index is 12.8. The van der Waals surface area contributed by atoms with Gasteiger partial charge in [0.25, 0.3) is 0 Å². The molecule has 1 aromatic rings. The van der Waals surface area contributed by atoms with E-state index in [1.165, 1.54) is 12.1 Å². The minimum atomic E-state index is -0.433. The van der Waals surface area contributed by atoms with E-state index in [2.05, 4.69) is 5.48 Å². The fourth-order valence-corrected chi connectivity index (χ4v) is 1.08. The standard InChI is InChI=1S/C12H16FNO2/c1-12(2,3)16-14-11(15)8-9-5-4-6-10(13)7-9/h4-7H,8H2,1-3H3,(H,14,15). The summed E-state index contributed by atoms with van der Waals surface area (Å²) >= 11 is 0. The van der Waals surface area contributed by atoms with Gasteiger partial charge >= 0.3 is 0 Å². The van der Waals surface area contributed by atoms with Gasteiger partial charge in [-0.25, -0.2) is 9.87 Å². The lowest BCUT2D eigenvalue weighted by molar-refractivity contribution is -0.144. The van der Waals surface area contributed by atoms with Crippen LogP contribution in [0.5, 0.6) is 0 Å². The third-order valence-electron chi connectivity index (χ3n) is 1.72. The second-order valence-corrected chi connectivity index (χ2v) is 4.55. The lowest BCUT2D eigenvalue weighted by atomic mass is 10.1. The molecule has 1 amide bonds. The molecule has 1 aromatic carbocycles. The zero-order valence-corrected chi connectivity index (χ0v) is 9.71. The molecule has 88 valence electrons. The van der Waals surface area contributed by atoms with Crippen LogP contribution in [-0.2, 0) is 16.1 Å². The van der Waals surface area contributed by atoms with Gasteiger partial charge in [0, 0.05) is 0 Å². The molecule has 0 aliphatic rings. The summed E-state index contributed by atoms with van der Waals surface area (Å²) in [5.74, 6) is -0.637. The molecule has 0 aliphatic carbocycles. The summed E-state index contributed by atoms with van der Waals surface area (Å²) in [6.07, 6.45) is 0.105. The zero-order chi connectivity index (χ0) is 12.2. The molecule has 0 saturated carbocycles. The summed E-state index contributed by atoms with van der Waals surface area (Å²) in [7, 11) is 0. The molecule has 0 fully saturated rings. The Morgan fingerprint density at radius 2 is 2.12 bits per heavy atom. The summed E-state index contributed by atoms with van der Waals surface area (Å²) < 4.78 is 12.8. The van der Waals surface area contributed by atoms with E-state index in [1.54, 1.807) is 12.1 Å². The zero-order valence-electron chi connectivity index (χ0n) is 9.71.